The second-order valence-corrected chi connectivity index (χ2v) is 16.5. The van der Waals surface area contributed by atoms with Crippen molar-refractivity contribution < 1.29 is 4.74 Å². The largest absolute Gasteiger partial charge is 0.458 e. The highest BCUT2D eigenvalue weighted by Gasteiger charge is 2.53. The predicted molar refractivity (Wildman–Crippen MR) is 207 cm³/mol. The maximum absolute atomic E-state index is 6.61. The van der Waals surface area contributed by atoms with Gasteiger partial charge in [0.1, 0.15) is 11.5 Å². The van der Waals surface area contributed by atoms with Gasteiger partial charge in [0, 0.05) is 17.1 Å². The van der Waals surface area contributed by atoms with Gasteiger partial charge < -0.3 is 9.64 Å². The van der Waals surface area contributed by atoms with Crippen molar-refractivity contribution in [2.45, 2.75) is 0 Å². The minimum absolute atomic E-state index is 0.963. The minimum Gasteiger partial charge on any atom is -0.458 e. The number of nitrogens with zero attached hydrogens (tertiary/aromatic N) is 1. The van der Waals surface area contributed by atoms with Crippen molar-refractivity contribution >= 4 is 56.7 Å². The van der Waals surface area contributed by atoms with E-state index in [2.05, 4.69) is 193 Å². The number of hydrogen-bond donors (Lipinski definition) is 0. The number of anilines is 3. The van der Waals surface area contributed by atoms with Crippen molar-refractivity contribution in [3.63, 3.8) is 0 Å². The normalized spacial score (nSPS) is 13.2. The van der Waals surface area contributed by atoms with Crippen LogP contribution in [0.1, 0.15) is 0 Å². The van der Waals surface area contributed by atoms with Crippen LogP contribution in [0.2, 0.25) is 0 Å². The molecule has 2 heterocycles. The van der Waals surface area contributed by atoms with Crippen molar-refractivity contribution in [3.05, 3.63) is 188 Å². The number of benzene rings is 8. The molecule has 10 rings (SSSR count). The van der Waals surface area contributed by atoms with E-state index in [1.165, 1.54) is 53.8 Å². The molecule has 8 aromatic carbocycles. The highest BCUT2D eigenvalue weighted by atomic mass is 28.3. The Labute approximate surface area is 287 Å². The molecule has 230 valence electrons. The van der Waals surface area contributed by atoms with Crippen LogP contribution in [-0.4, -0.2) is 8.07 Å². The molecule has 0 atom stereocenters. The van der Waals surface area contributed by atoms with Gasteiger partial charge in [-0.1, -0.05) is 140 Å². The molecule has 2 nitrogen and oxygen atoms in total. The van der Waals surface area contributed by atoms with Crippen molar-refractivity contribution in [1.82, 2.24) is 0 Å². The van der Waals surface area contributed by atoms with E-state index in [0.29, 0.717) is 0 Å². The van der Waals surface area contributed by atoms with E-state index in [1.54, 1.807) is 0 Å². The number of para-hydroxylation sites is 3. The number of rotatable bonds is 4. The smallest absolute Gasteiger partial charge is 0.189 e. The molecule has 2 aliphatic heterocycles. The van der Waals surface area contributed by atoms with Crippen LogP contribution in [-0.2, 0) is 0 Å². The van der Waals surface area contributed by atoms with Crippen LogP contribution in [0, 0.1) is 0 Å². The summed E-state index contributed by atoms with van der Waals surface area (Å²) in [4.78, 5) is 2.40. The summed E-state index contributed by atoms with van der Waals surface area (Å²) in [6.45, 7) is 0. The van der Waals surface area contributed by atoms with Gasteiger partial charge in [-0.3, -0.25) is 0 Å². The Hall–Kier alpha value is -6.16. The molecule has 0 fully saturated rings. The molecule has 8 aromatic rings. The van der Waals surface area contributed by atoms with Crippen LogP contribution >= 0.6 is 0 Å². The third-order valence-electron chi connectivity index (χ3n) is 10.3. The van der Waals surface area contributed by atoms with Gasteiger partial charge in [0.2, 0.25) is 0 Å². The number of ether oxygens (including phenoxy) is 1. The molecule has 0 aliphatic carbocycles. The third kappa shape index (κ3) is 4.13. The molecule has 49 heavy (non-hydrogen) atoms. The zero-order chi connectivity index (χ0) is 32.4. The van der Waals surface area contributed by atoms with E-state index >= 15 is 0 Å². The fourth-order valence-electron chi connectivity index (χ4n) is 8.27. The van der Waals surface area contributed by atoms with Crippen LogP contribution in [0.5, 0.6) is 11.5 Å². The molecular weight excluding hydrogens is 611 g/mol. The van der Waals surface area contributed by atoms with E-state index in [0.717, 1.165) is 28.6 Å². The highest BCUT2D eigenvalue weighted by Crippen LogP contribution is 2.41. The standard InChI is InChI=1S/C46H31NOSi/c1-2-15-34(16-3-1)47(35-27-25-33(26-28-35)38-19-12-14-32-13-4-5-17-37(32)38)36-29-30-40-39-18-6-9-22-43(39)49(46(40)31-36)44-23-10-7-20-41(44)48-42-21-8-11-24-45(42)49/h1-31H. The van der Waals surface area contributed by atoms with Gasteiger partial charge in [-0.15, -0.1) is 0 Å². The lowest BCUT2D eigenvalue weighted by Gasteiger charge is -2.37. The fourth-order valence-corrected chi connectivity index (χ4v) is 13.7. The summed E-state index contributed by atoms with van der Waals surface area (Å²) in [6, 6.07) is 68.5. The Kier molecular flexibility index (Phi) is 6.23. The summed E-state index contributed by atoms with van der Waals surface area (Å²) >= 11 is 0. The molecule has 0 unspecified atom stereocenters. The van der Waals surface area contributed by atoms with Gasteiger partial charge in [0.15, 0.2) is 8.07 Å². The second kappa shape index (κ2) is 10.9. The van der Waals surface area contributed by atoms with Gasteiger partial charge in [-0.25, -0.2) is 0 Å². The van der Waals surface area contributed by atoms with Crippen LogP contribution in [0.3, 0.4) is 0 Å². The summed E-state index contributed by atoms with van der Waals surface area (Å²) < 4.78 is 6.61. The lowest BCUT2D eigenvalue weighted by molar-refractivity contribution is 0.487. The van der Waals surface area contributed by atoms with Gasteiger partial charge in [0.05, 0.1) is 0 Å². The molecule has 0 amide bonds. The quantitative estimate of drug-likeness (QED) is 0.178. The van der Waals surface area contributed by atoms with Gasteiger partial charge >= 0.3 is 0 Å². The zero-order valence-electron chi connectivity index (χ0n) is 26.8. The van der Waals surface area contributed by atoms with Crippen LogP contribution < -0.4 is 30.4 Å². The molecule has 0 aromatic heterocycles. The van der Waals surface area contributed by atoms with Crippen molar-refractivity contribution in [2.24, 2.45) is 0 Å². The minimum atomic E-state index is -2.71. The first kappa shape index (κ1) is 27.9. The Morgan fingerprint density at radius 2 is 0.918 bits per heavy atom. The van der Waals surface area contributed by atoms with Crippen LogP contribution in [0.4, 0.5) is 17.1 Å². The number of hydrogen-bond acceptors (Lipinski definition) is 2. The van der Waals surface area contributed by atoms with Crippen molar-refractivity contribution in [1.29, 1.82) is 0 Å². The average Bonchev–Trinajstić information content (AvgIpc) is 3.46. The van der Waals surface area contributed by atoms with Gasteiger partial charge in [-0.2, -0.15) is 0 Å². The lowest BCUT2D eigenvalue weighted by Crippen LogP contribution is -2.74. The maximum atomic E-state index is 6.61. The zero-order valence-corrected chi connectivity index (χ0v) is 27.8. The highest BCUT2D eigenvalue weighted by molar-refractivity contribution is 7.23. The molecular formula is C46H31NOSi. The summed E-state index contributed by atoms with van der Waals surface area (Å²) in [7, 11) is -2.71. The average molecular weight is 642 g/mol. The Morgan fingerprint density at radius 3 is 1.69 bits per heavy atom. The second-order valence-electron chi connectivity index (χ2n) is 12.9. The topological polar surface area (TPSA) is 12.5 Å². The lowest BCUT2D eigenvalue weighted by atomic mass is 9.98. The Morgan fingerprint density at radius 1 is 0.367 bits per heavy atom. The molecule has 3 heteroatoms. The van der Waals surface area contributed by atoms with Crippen molar-refractivity contribution in [3.8, 4) is 33.8 Å². The molecule has 0 N–H and O–H groups in total. The molecule has 1 spiro atoms. The van der Waals surface area contributed by atoms with Crippen LogP contribution in [0.15, 0.2) is 188 Å². The van der Waals surface area contributed by atoms with Crippen LogP contribution in [0.25, 0.3) is 33.0 Å². The number of fused-ring (bicyclic) bond motifs is 10. The first-order valence-corrected chi connectivity index (χ1v) is 18.9. The maximum Gasteiger partial charge on any atom is 0.189 e. The van der Waals surface area contributed by atoms with Gasteiger partial charge in [-0.05, 0) is 102 Å². The summed E-state index contributed by atoms with van der Waals surface area (Å²) in [6.07, 6.45) is 0. The fraction of sp³-hybridized carbons (Fsp3) is 0. The first-order valence-electron chi connectivity index (χ1n) is 16.9. The Balaban J connectivity index is 1.19. The summed E-state index contributed by atoms with van der Waals surface area (Å²) in [5.41, 5.74) is 8.48. The molecule has 0 radical (unpaired) electrons. The molecule has 2 aliphatic rings. The SMILES string of the molecule is c1ccc(N(c2ccc(-c3cccc4ccccc34)cc2)c2ccc3c(c2)[Si]2(c4ccccc4Oc4ccccc42)c2ccccc2-3)cc1. The van der Waals surface area contributed by atoms with E-state index < -0.39 is 8.07 Å². The molecule has 0 saturated carbocycles. The van der Waals surface area contributed by atoms with Gasteiger partial charge in [0.25, 0.3) is 0 Å². The monoisotopic (exact) mass is 641 g/mol. The molecule has 0 saturated heterocycles. The summed E-state index contributed by atoms with van der Waals surface area (Å²) in [5, 5.41) is 7.97. The first-order chi connectivity index (χ1) is 24.3. The predicted octanol–water partition coefficient (Wildman–Crippen LogP) is 9.44. The molecule has 0 bridgehead atoms. The van der Waals surface area contributed by atoms with E-state index in [-0.39, 0.29) is 0 Å². The van der Waals surface area contributed by atoms with E-state index in [1.807, 2.05) is 0 Å². The Bertz CT molecular complexity index is 2490. The van der Waals surface area contributed by atoms with E-state index in [4.69, 9.17) is 4.74 Å². The third-order valence-corrected chi connectivity index (χ3v) is 15.2. The van der Waals surface area contributed by atoms with E-state index in [9.17, 15) is 0 Å². The van der Waals surface area contributed by atoms with Crippen molar-refractivity contribution in [2.75, 3.05) is 4.90 Å². The summed E-state index contributed by atoms with van der Waals surface area (Å²) in [5.74, 6) is 1.93.